The van der Waals surface area contributed by atoms with E-state index in [9.17, 15) is 9.59 Å². The number of guanidine groups is 1. The third kappa shape index (κ3) is 3.65. The molecule has 1 aromatic rings. The number of carbonyl (C=O) groups is 2. The highest BCUT2D eigenvalue weighted by atomic mass is 35.5. The lowest BCUT2D eigenvalue weighted by molar-refractivity contribution is -0.127. The van der Waals surface area contributed by atoms with Gasteiger partial charge < -0.3 is 19.6 Å². The van der Waals surface area contributed by atoms with Crippen LogP contribution in [0.5, 0.6) is 0 Å². The highest BCUT2D eigenvalue weighted by Gasteiger charge is 2.50. The van der Waals surface area contributed by atoms with Gasteiger partial charge in [-0.1, -0.05) is 36.2 Å². The van der Waals surface area contributed by atoms with E-state index in [0.29, 0.717) is 22.5 Å². The molecule has 3 aliphatic rings. The minimum absolute atomic E-state index is 0.335. The zero-order valence-electron chi connectivity index (χ0n) is 16.4. The molecular weight excluding hydrogens is 415 g/mol. The number of urea groups is 1. The Hall–Kier alpha value is -2.03. The molecule has 0 bridgehead atoms. The van der Waals surface area contributed by atoms with Gasteiger partial charge in [0.1, 0.15) is 0 Å². The number of fused-ring (bicyclic) bond motifs is 1. The van der Waals surface area contributed by atoms with Crippen molar-refractivity contribution in [3.05, 3.63) is 33.8 Å². The molecule has 0 aliphatic carbocycles. The van der Waals surface area contributed by atoms with Gasteiger partial charge in [-0.2, -0.15) is 0 Å². The number of imide groups is 1. The van der Waals surface area contributed by atoms with Crippen molar-refractivity contribution < 1.29 is 9.59 Å². The summed E-state index contributed by atoms with van der Waals surface area (Å²) in [5, 5.41) is 3.50. The lowest BCUT2D eigenvalue weighted by atomic mass is 10.1. The molecule has 1 aromatic carbocycles. The molecule has 1 N–H and O–H groups in total. The third-order valence-corrected chi connectivity index (χ3v) is 6.54. The first-order valence-electron chi connectivity index (χ1n) is 9.73. The lowest BCUT2D eigenvalue weighted by Crippen LogP contribution is -2.64. The largest absolute Gasteiger partial charge is 0.340 e. The van der Waals surface area contributed by atoms with Gasteiger partial charge in [0.15, 0.2) is 18.2 Å². The van der Waals surface area contributed by atoms with Gasteiger partial charge >= 0.3 is 6.03 Å². The van der Waals surface area contributed by atoms with Gasteiger partial charge in [-0.3, -0.25) is 10.1 Å². The summed E-state index contributed by atoms with van der Waals surface area (Å²) in [4.78, 5) is 37.7. The van der Waals surface area contributed by atoms with E-state index in [1.165, 1.54) is 4.90 Å². The van der Waals surface area contributed by atoms with Gasteiger partial charge in [0.25, 0.3) is 5.91 Å². The number of hydrogen-bond acceptors (Lipinski definition) is 6. The van der Waals surface area contributed by atoms with Crippen molar-refractivity contribution in [2.45, 2.75) is 25.7 Å². The predicted octanol–water partition coefficient (Wildman–Crippen LogP) is 1.68. The molecule has 2 atom stereocenters. The number of aliphatic imine (C=N–C) groups is 1. The van der Waals surface area contributed by atoms with Crippen LogP contribution in [0, 0.1) is 0 Å². The maximum absolute atomic E-state index is 12.8. The van der Waals surface area contributed by atoms with Crippen LogP contribution in [0.15, 0.2) is 23.2 Å². The molecule has 10 heteroatoms. The summed E-state index contributed by atoms with van der Waals surface area (Å²) in [6, 6.07) is 4.30. The average molecular weight is 439 g/mol. The van der Waals surface area contributed by atoms with E-state index in [1.54, 1.807) is 25.2 Å². The monoisotopic (exact) mass is 438 g/mol. The highest BCUT2D eigenvalue weighted by molar-refractivity contribution is 6.36. The van der Waals surface area contributed by atoms with Crippen molar-refractivity contribution in [2.75, 3.05) is 39.8 Å². The molecule has 0 spiro atoms. The SMILES string of the molecule is CCN1CCN(C2=NC3C(C(=O)NC(=O)N3C)N2Cc2c(Cl)cccc2Cl)CC1. The van der Waals surface area contributed by atoms with Gasteiger partial charge in [0, 0.05) is 55.4 Å². The van der Waals surface area contributed by atoms with Crippen molar-refractivity contribution >= 4 is 41.1 Å². The van der Waals surface area contributed by atoms with E-state index in [4.69, 9.17) is 28.2 Å². The number of hydrogen-bond donors (Lipinski definition) is 1. The Kier molecular flexibility index (Phi) is 5.59. The molecule has 0 aromatic heterocycles. The second kappa shape index (κ2) is 8.01. The van der Waals surface area contributed by atoms with E-state index in [1.807, 2.05) is 4.90 Å². The number of benzene rings is 1. The fourth-order valence-corrected chi connectivity index (χ4v) is 4.58. The van der Waals surface area contributed by atoms with Gasteiger partial charge in [-0.15, -0.1) is 0 Å². The normalized spacial score (nSPS) is 25.2. The third-order valence-electron chi connectivity index (χ3n) is 5.83. The summed E-state index contributed by atoms with van der Waals surface area (Å²) in [6.07, 6.45) is -0.572. The quantitative estimate of drug-likeness (QED) is 0.776. The number of nitrogens with zero attached hydrogens (tertiary/aromatic N) is 5. The number of halogens is 2. The topological polar surface area (TPSA) is 71.5 Å². The molecule has 3 heterocycles. The van der Waals surface area contributed by atoms with Crippen LogP contribution in [0.2, 0.25) is 10.0 Å². The Labute approximate surface area is 180 Å². The Morgan fingerprint density at radius 2 is 1.79 bits per heavy atom. The van der Waals surface area contributed by atoms with E-state index >= 15 is 0 Å². The Balaban J connectivity index is 1.68. The second-order valence-electron chi connectivity index (χ2n) is 7.44. The fourth-order valence-electron chi connectivity index (χ4n) is 4.06. The van der Waals surface area contributed by atoms with Crippen LogP contribution in [0.1, 0.15) is 12.5 Å². The second-order valence-corrected chi connectivity index (χ2v) is 8.26. The summed E-state index contributed by atoms with van der Waals surface area (Å²) in [6.45, 7) is 6.94. The maximum Gasteiger partial charge on any atom is 0.325 e. The molecule has 3 aliphatic heterocycles. The van der Waals surface area contributed by atoms with E-state index in [0.717, 1.165) is 38.3 Å². The molecule has 8 nitrogen and oxygen atoms in total. The summed E-state index contributed by atoms with van der Waals surface area (Å²) in [7, 11) is 1.65. The fraction of sp³-hybridized carbons (Fsp3) is 0.526. The molecule has 2 fully saturated rings. The number of carbonyl (C=O) groups excluding carboxylic acids is 2. The number of likely N-dealkylation sites (N-methyl/N-ethyl adjacent to an activating group) is 2. The molecule has 0 saturated carbocycles. The first-order chi connectivity index (χ1) is 13.9. The molecule has 4 rings (SSSR count). The maximum atomic E-state index is 12.8. The first kappa shape index (κ1) is 20.3. The number of nitrogens with one attached hydrogen (secondary N) is 1. The minimum Gasteiger partial charge on any atom is -0.340 e. The van der Waals surface area contributed by atoms with Crippen molar-refractivity contribution in [2.24, 2.45) is 4.99 Å². The molecule has 0 radical (unpaired) electrons. The van der Waals surface area contributed by atoms with Crippen molar-refractivity contribution in [1.29, 1.82) is 0 Å². The molecule has 2 unspecified atom stereocenters. The highest BCUT2D eigenvalue weighted by Crippen LogP contribution is 2.32. The van der Waals surface area contributed by atoms with Crippen LogP contribution < -0.4 is 5.32 Å². The molecule has 29 heavy (non-hydrogen) atoms. The number of piperazine rings is 1. The first-order valence-corrected chi connectivity index (χ1v) is 10.5. The van der Waals surface area contributed by atoms with Crippen LogP contribution in [0.3, 0.4) is 0 Å². The Morgan fingerprint density at radius 3 is 2.41 bits per heavy atom. The number of amides is 3. The van der Waals surface area contributed by atoms with Crippen molar-refractivity contribution in [3.8, 4) is 0 Å². The minimum atomic E-state index is -0.621. The number of rotatable bonds is 3. The molecular formula is C19H24Cl2N6O2. The van der Waals surface area contributed by atoms with E-state index < -0.39 is 18.2 Å². The van der Waals surface area contributed by atoms with Gasteiger partial charge in [-0.25, -0.2) is 9.79 Å². The van der Waals surface area contributed by atoms with E-state index in [-0.39, 0.29) is 5.91 Å². The summed E-state index contributed by atoms with van der Waals surface area (Å²) in [5.41, 5.74) is 0.740. The summed E-state index contributed by atoms with van der Waals surface area (Å²) >= 11 is 12.8. The van der Waals surface area contributed by atoms with Crippen molar-refractivity contribution in [3.63, 3.8) is 0 Å². The molecule has 156 valence electrons. The van der Waals surface area contributed by atoms with Crippen LogP contribution in [-0.4, -0.2) is 89.5 Å². The van der Waals surface area contributed by atoms with Crippen molar-refractivity contribution in [1.82, 2.24) is 24.9 Å². The average Bonchev–Trinajstić information content (AvgIpc) is 3.09. The smallest absolute Gasteiger partial charge is 0.325 e. The van der Waals surface area contributed by atoms with Gasteiger partial charge in [0.05, 0.1) is 0 Å². The summed E-state index contributed by atoms with van der Waals surface area (Å²) < 4.78 is 0. The standard InChI is InChI=1S/C19H24Cl2N6O2/c1-3-25-7-9-26(10-8-25)18-22-16-15(17(28)23-19(29)24(16)2)27(18)11-12-13(20)5-4-6-14(12)21/h4-6,15-16H,3,7-11H2,1-2H3,(H,23,28,29). The Bertz CT molecular complexity index is 835. The Morgan fingerprint density at radius 1 is 1.14 bits per heavy atom. The van der Waals surface area contributed by atoms with Crippen LogP contribution >= 0.6 is 23.2 Å². The van der Waals surface area contributed by atoms with Crippen LogP contribution in [0.4, 0.5) is 4.79 Å². The zero-order valence-corrected chi connectivity index (χ0v) is 17.9. The predicted molar refractivity (Wildman–Crippen MR) is 112 cm³/mol. The van der Waals surface area contributed by atoms with Crippen LogP contribution in [0.25, 0.3) is 0 Å². The van der Waals surface area contributed by atoms with Crippen LogP contribution in [-0.2, 0) is 11.3 Å². The molecule has 3 amide bonds. The zero-order chi connectivity index (χ0) is 20.7. The molecule has 2 saturated heterocycles. The lowest BCUT2D eigenvalue weighted by Gasteiger charge is -2.40. The van der Waals surface area contributed by atoms with E-state index in [2.05, 4.69) is 22.0 Å². The van der Waals surface area contributed by atoms with Gasteiger partial charge in [-0.05, 0) is 18.7 Å². The van der Waals surface area contributed by atoms with Gasteiger partial charge in [0.2, 0.25) is 0 Å². The summed E-state index contributed by atoms with van der Waals surface area (Å²) in [5.74, 6) is 0.357.